The van der Waals surface area contributed by atoms with Crippen LogP contribution in [0.25, 0.3) is 15.9 Å². The zero-order valence-electron chi connectivity index (χ0n) is 16.6. The highest BCUT2D eigenvalue weighted by atomic mass is 32.2. The molecule has 31 heavy (non-hydrogen) atoms. The zero-order valence-corrected chi connectivity index (χ0v) is 19.1. The molecule has 0 aliphatic heterocycles. The van der Waals surface area contributed by atoms with E-state index in [0.717, 1.165) is 32.9 Å². The molecular weight excluding hydrogens is 448 g/mol. The Kier molecular flexibility index (Phi) is 6.01. The third-order valence-electron chi connectivity index (χ3n) is 4.46. The summed E-state index contributed by atoms with van der Waals surface area (Å²) in [5, 5.41) is 13.7. The second-order valence-electron chi connectivity index (χ2n) is 6.55. The van der Waals surface area contributed by atoms with Crippen molar-refractivity contribution in [1.82, 2.24) is 29.9 Å². The Morgan fingerprint density at radius 1 is 0.935 bits per heavy atom. The monoisotopic (exact) mass is 466 g/mol. The number of nitrogens with zero attached hydrogens (tertiary/aromatic N) is 6. The summed E-state index contributed by atoms with van der Waals surface area (Å²) >= 11 is 4.91. The lowest BCUT2D eigenvalue weighted by atomic mass is 10.3. The van der Waals surface area contributed by atoms with Gasteiger partial charge in [-0.25, -0.2) is 4.98 Å². The van der Waals surface area contributed by atoms with E-state index in [4.69, 9.17) is 9.51 Å². The zero-order chi connectivity index (χ0) is 21.0. The first-order valence-electron chi connectivity index (χ1n) is 9.72. The smallest absolute Gasteiger partial charge is 0.237 e. The first kappa shape index (κ1) is 20.2. The number of rotatable bonds is 8. The molecule has 0 aliphatic carbocycles. The van der Waals surface area contributed by atoms with Gasteiger partial charge >= 0.3 is 0 Å². The van der Waals surface area contributed by atoms with Gasteiger partial charge in [-0.2, -0.15) is 4.98 Å². The highest BCUT2D eigenvalue weighted by Crippen LogP contribution is 2.33. The summed E-state index contributed by atoms with van der Waals surface area (Å²) in [5.74, 6) is 3.40. The molecule has 156 valence electrons. The number of thioether (sulfide) groups is 2. The van der Waals surface area contributed by atoms with Gasteiger partial charge in [-0.1, -0.05) is 65.9 Å². The van der Waals surface area contributed by atoms with E-state index in [-0.39, 0.29) is 0 Å². The van der Waals surface area contributed by atoms with Crippen molar-refractivity contribution < 1.29 is 4.52 Å². The molecule has 0 saturated carbocycles. The fraction of sp³-hybridized carbons (Fsp3) is 0.190. The molecule has 0 saturated heterocycles. The van der Waals surface area contributed by atoms with Gasteiger partial charge in [-0.05, 0) is 24.3 Å². The number of hydrogen-bond acceptors (Lipinski definition) is 9. The van der Waals surface area contributed by atoms with Crippen LogP contribution in [-0.2, 0) is 17.9 Å². The minimum atomic E-state index is 0.545. The molecule has 0 amide bonds. The maximum absolute atomic E-state index is 5.31. The third-order valence-corrected chi connectivity index (χ3v) is 7.55. The number of fused-ring (bicyclic) bond motifs is 1. The Labute approximate surface area is 191 Å². The number of benzene rings is 2. The van der Waals surface area contributed by atoms with Crippen LogP contribution in [0.5, 0.6) is 0 Å². The molecule has 0 bridgehead atoms. The van der Waals surface area contributed by atoms with Crippen LogP contribution in [-0.4, -0.2) is 29.9 Å². The predicted molar refractivity (Wildman–Crippen MR) is 124 cm³/mol. The molecule has 0 radical (unpaired) electrons. The first-order chi connectivity index (χ1) is 15.3. The summed E-state index contributed by atoms with van der Waals surface area (Å²) < 4.78 is 9.61. The van der Waals surface area contributed by atoms with Gasteiger partial charge in [-0.15, -0.1) is 21.5 Å². The summed E-state index contributed by atoms with van der Waals surface area (Å²) in [7, 11) is 0. The normalized spacial score (nSPS) is 11.4. The second kappa shape index (κ2) is 9.21. The number of hydrogen-bond donors (Lipinski definition) is 0. The molecule has 3 heterocycles. The van der Waals surface area contributed by atoms with Crippen molar-refractivity contribution in [2.24, 2.45) is 0 Å². The molecule has 0 unspecified atom stereocenters. The van der Waals surface area contributed by atoms with Crippen molar-refractivity contribution in [2.45, 2.75) is 34.3 Å². The van der Waals surface area contributed by atoms with Crippen LogP contribution in [0.2, 0.25) is 0 Å². The molecule has 3 aromatic heterocycles. The van der Waals surface area contributed by atoms with E-state index in [2.05, 4.69) is 43.1 Å². The predicted octanol–water partition coefficient (Wildman–Crippen LogP) is 5.41. The Hall–Kier alpha value is -2.69. The molecule has 0 N–H and O–H groups in total. The van der Waals surface area contributed by atoms with Crippen LogP contribution in [0.15, 0.2) is 68.6 Å². The van der Waals surface area contributed by atoms with Crippen LogP contribution in [0.4, 0.5) is 0 Å². The van der Waals surface area contributed by atoms with Crippen molar-refractivity contribution >= 4 is 45.1 Å². The molecule has 10 heteroatoms. The molecule has 0 atom stereocenters. The fourth-order valence-corrected chi connectivity index (χ4v) is 5.77. The first-order valence-corrected chi connectivity index (χ1v) is 12.5. The van der Waals surface area contributed by atoms with E-state index < -0.39 is 0 Å². The Morgan fingerprint density at radius 3 is 2.58 bits per heavy atom. The molecule has 0 spiro atoms. The summed E-state index contributed by atoms with van der Waals surface area (Å²) in [6, 6.07) is 18.3. The fourth-order valence-electron chi connectivity index (χ4n) is 2.98. The van der Waals surface area contributed by atoms with Crippen LogP contribution in [0, 0.1) is 0 Å². The average molecular weight is 467 g/mol. The molecule has 0 aliphatic rings. The Balaban J connectivity index is 1.38. The van der Waals surface area contributed by atoms with Gasteiger partial charge in [0.1, 0.15) is 5.82 Å². The third kappa shape index (κ3) is 4.51. The molecule has 7 nitrogen and oxygen atoms in total. The van der Waals surface area contributed by atoms with E-state index in [1.54, 1.807) is 23.1 Å². The van der Waals surface area contributed by atoms with E-state index >= 15 is 0 Å². The second-order valence-corrected chi connectivity index (χ2v) is 9.75. The summed E-state index contributed by atoms with van der Waals surface area (Å²) in [6.07, 6.45) is 0.751. The number of aryl methyl sites for hydroxylation is 1. The molecule has 5 aromatic rings. The summed E-state index contributed by atoms with van der Waals surface area (Å²) in [5.41, 5.74) is 2.05. The highest BCUT2D eigenvalue weighted by Gasteiger charge is 2.17. The lowest BCUT2D eigenvalue weighted by Gasteiger charge is -2.09. The van der Waals surface area contributed by atoms with Crippen molar-refractivity contribution in [3.8, 4) is 5.69 Å². The lowest BCUT2D eigenvalue weighted by Crippen LogP contribution is -2.02. The van der Waals surface area contributed by atoms with Gasteiger partial charge < -0.3 is 4.52 Å². The van der Waals surface area contributed by atoms with Gasteiger partial charge in [-0.3, -0.25) is 4.57 Å². The maximum Gasteiger partial charge on any atom is 0.237 e. The molecular formula is C21H18N6OS3. The SMILES string of the molecule is CCc1noc(CSc2nnc(CSc3nc4ccccc4s3)n2-c2ccccc2)n1. The Bertz CT molecular complexity index is 1260. The van der Waals surface area contributed by atoms with Gasteiger partial charge in [0.2, 0.25) is 5.89 Å². The van der Waals surface area contributed by atoms with Crippen molar-refractivity contribution in [3.63, 3.8) is 0 Å². The largest absolute Gasteiger partial charge is 0.338 e. The number of aromatic nitrogens is 6. The van der Waals surface area contributed by atoms with Gasteiger partial charge in [0, 0.05) is 12.1 Å². The minimum Gasteiger partial charge on any atom is -0.338 e. The van der Waals surface area contributed by atoms with Gasteiger partial charge in [0.25, 0.3) is 0 Å². The van der Waals surface area contributed by atoms with E-state index in [9.17, 15) is 0 Å². The Morgan fingerprint density at radius 2 is 1.77 bits per heavy atom. The highest BCUT2D eigenvalue weighted by molar-refractivity contribution is 8.00. The number of thiazole rings is 1. The standard InChI is InChI=1S/C21H18N6OS3/c1-2-17-23-19(28-26-17)13-29-20-25-24-18(27(20)14-8-4-3-5-9-14)12-30-21-22-15-10-6-7-11-16(15)31-21/h3-11H,2,12-13H2,1H3. The van der Waals surface area contributed by atoms with E-state index in [1.165, 1.54) is 16.5 Å². The molecule has 0 fully saturated rings. The molecule has 5 rings (SSSR count). The molecule has 2 aromatic carbocycles. The van der Waals surface area contributed by atoms with Gasteiger partial charge in [0.15, 0.2) is 15.3 Å². The van der Waals surface area contributed by atoms with Crippen LogP contribution in [0.3, 0.4) is 0 Å². The van der Waals surface area contributed by atoms with Crippen molar-refractivity contribution in [3.05, 3.63) is 72.1 Å². The van der Waals surface area contributed by atoms with E-state index in [0.29, 0.717) is 23.2 Å². The van der Waals surface area contributed by atoms with E-state index in [1.807, 2.05) is 43.3 Å². The summed E-state index contributed by atoms with van der Waals surface area (Å²) in [6.45, 7) is 2.00. The number of para-hydroxylation sites is 2. The van der Waals surface area contributed by atoms with Crippen molar-refractivity contribution in [1.29, 1.82) is 0 Å². The minimum absolute atomic E-state index is 0.545. The lowest BCUT2D eigenvalue weighted by molar-refractivity contribution is 0.385. The van der Waals surface area contributed by atoms with Crippen molar-refractivity contribution in [2.75, 3.05) is 0 Å². The van der Waals surface area contributed by atoms with Gasteiger partial charge in [0.05, 0.1) is 21.7 Å². The summed E-state index contributed by atoms with van der Waals surface area (Å²) in [4.78, 5) is 9.10. The quantitative estimate of drug-likeness (QED) is 0.281. The van der Waals surface area contributed by atoms with Crippen LogP contribution < -0.4 is 0 Å². The van der Waals surface area contributed by atoms with Crippen LogP contribution in [0.1, 0.15) is 24.5 Å². The van der Waals surface area contributed by atoms with Crippen LogP contribution >= 0.6 is 34.9 Å². The average Bonchev–Trinajstić information content (AvgIpc) is 3.54. The maximum atomic E-state index is 5.31. The topological polar surface area (TPSA) is 82.5 Å².